The number of hydrogen-bond donors (Lipinski definition) is 0. The maximum Gasteiger partial charge on any atom is 0.170 e. The number of Topliss-reactive ketones (excluding diaryl/α,β-unsaturated/α-hetero) is 1. The quantitative estimate of drug-likeness (QED) is 0.809. The first-order valence-corrected chi connectivity index (χ1v) is 9.78. The van der Waals surface area contributed by atoms with Crippen LogP contribution in [-0.2, 0) is 10.2 Å². The molecule has 2 atom stereocenters. The number of ether oxygens (including phenoxy) is 1. The summed E-state index contributed by atoms with van der Waals surface area (Å²) >= 11 is 1.59. The third kappa shape index (κ3) is 2.97. The van der Waals surface area contributed by atoms with Gasteiger partial charge in [-0.2, -0.15) is 0 Å². The van der Waals surface area contributed by atoms with Gasteiger partial charge in [0, 0.05) is 22.8 Å². The summed E-state index contributed by atoms with van der Waals surface area (Å²) in [6.07, 6.45) is 3.85. The van der Waals surface area contributed by atoms with Crippen LogP contribution >= 0.6 is 11.8 Å². The molecule has 1 saturated heterocycles. The van der Waals surface area contributed by atoms with Gasteiger partial charge >= 0.3 is 0 Å². The van der Waals surface area contributed by atoms with Gasteiger partial charge in [-0.1, -0.05) is 48.2 Å². The summed E-state index contributed by atoms with van der Waals surface area (Å²) in [7, 11) is 3.82. The number of benzene rings is 2. The van der Waals surface area contributed by atoms with Crippen LogP contribution in [0.4, 0.5) is 0 Å². The highest BCUT2D eigenvalue weighted by molar-refractivity contribution is 8.04. The molecule has 2 aromatic carbocycles. The van der Waals surface area contributed by atoms with E-state index < -0.39 is 0 Å². The summed E-state index contributed by atoms with van der Waals surface area (Å²) in [6, 6.07) is 18.7. The fraction of sp³-hybridized carbons (Fsp3) is 0.318. The fourth-order valence-electron chi connectivity index (χ4n) is 4.20. The van der Waals surface area contributed by atoms with E-state index in [1.165, 1.54) is 5.56 Å². The van der Waals surface area contributed by atoms with Gasteiger partial charge in [0.15, 0.2) is 5.78 Å². The van der Waals surface area contributed by atoms with Crippen molar-refractivity contribution >= 4 is 17.5 Å². The molecule has 0 aromatic heterocycles. The first kappa shape index (κ1) is 17.4. The third-order valence-corrected chi connectivity index (χ3v) is 6.72. The second-order valence-electron chi connectivity index (χ2n) is 7.07. The lowest BCUT2D eigenvalue weighted by Crippen LogP contribution is -2.44. The SMILES string of the molecule is COc1ccc([C@]23C=C(Sc4ccccc4)C(=O)C[C@H]2N(C)CC3)cc1. The predicted octanol–water partition coefficient (Wildman–Crippen LogP) is 4.29. The number of carbonyl (C=O) groups excluding carboxylic acids is 1. The van der Waals surface area contributed by atoms with E-state index in [9.17, 15) is 4.79 Å². The summed E-state index contributed by atoms with van der Waals surface area (Å²) in [5, 5.41) is 0. The number of rotatable bonds is 4. The lowest BCUT2D eigenvalue weighted by Gasteiger charge is -2.39. The highest BCUT2D eigenvalue weighted by Crippen LogP contribution is 2.48. The van der Waals surface area contributed by atoms with E-state index in [2.05, 4.69) is 42.3 Å². The Kier molecular flexibility index (Phi) is 4.63. The Balaban J connectivity index is 1.76. The van der Waals surface area contributed by atoms with E-state index in [0.717, 1.165) is 28.5 Å². The van der Waals surface area contributed by atoms with Gasteiger partial charge in [-0.25, -0.2) is 0 Å². The molecule has 4 rings (SSSR count). The fourth-order valence-corrected chi connectivity index (χ4v) is 5.21. The minimum absolute atomic E-state index is 0.105. The molecule has 26 heavy (non-hydrogen) atoms. The van der Waals surface area contributed by atoms with Gasteiger partial charge in [-0.15, -0.1) is 0 Å². The van der Waals surface area contributed by atoms with E-state index in [0.29, 0.717) is 6.42 Å². The number of allylic oxidation sites excluding steroid dienone is 1. The molecule has 1 aliphatic heterocycles. The zero-order valence-electron chi connectivity index (χ0n) is 15.1. The van der Waals surface area contributed by atoms with Gasteiger partial charge in [-0.3, -0.25) is 4.79 Å². The van der Waals surface area contributed by atoms with Crippen molar-refractivity contribution in [2.75, 3.05) is 20.7 Å². The van der Waals surface area contributed by atoms with Crippen LogP contribution in [0, 0.1) is 0 Å². The Hall–Kier alpha value is -2.04. The van der Waals surface area contributed by atoms with Crippen molar-refractivity contribution in [2.45, 2.75) is 29.2 Å². The number of fused-ring (bicyclic) bond motifs is 1. The van der Waals surface area contributed by atoms with E-state index in [4.69, 9.17) is 4.74 Å². The molecule has 0 saturated carbocycles. The zero-order valence-corrected chi connectivity index (χ0v) is 16.0. The summed E-state index contributed by atoms with van der Waals surface area (Å²) in [4.78, 5) is 17.1. The largest absolute Gasteiger partial charge is 0.497 e. The summed E-state index contributed by atoms with van der Waals surface area (Å²) in [5.74, 6) is 1.12. The van der Waals surface area contributed by atoms with Crippen LogP contribution in [-0.4, -0.2) is 37.4 Å². The number of ketones is 1. The second-order valence-corrected chi connectivity index (χ2v) is 8.18. The van der Waals surface area contributed by atoms with Crippen molar-refractivity contribution in [1.82, 2.24) is 4.90 Å². The highest BCUT2D eigenvalue weighted by atomic mass is 32.2. The van der Waals surface area contributed by atoms with Crippen LogP contribution in [0.25, 0.3) is 0 Å². The lowest BCUT2D eigenvalue weighted by atomic mass is 9.69. The van der Waals surface area contributed by atoms with Gasteiger partial charge in [0.05, 0.1) is 12.0 Å². The van der Waals surface area contributed by atoms with Crippen molar-refractivity contribution in [3.05, 3.63) is 71.1 Å². The average Bonchev–Trinajstić information content (AvgIpc) is 3.00. The number of thioether (sulfide) groups is 1. The molecule has 0 amide bonds. The third-order valence-electron chi connectivity index (χ3n) is 5.65. The minimum Gasteiger partial charge on any atom is -0.497 e. The Bertz CT molecular complexity index is 831. The minimum atomic E-state index is -0.105. The van der Waals surface area contributed by atoms with Gasteiger partial charge < -0.3 is 9.64 Å². The summed E-state index contributed by atoms with van der Waals surface area (Å²) in [5.41, 5.74) is 1.16. The molecule has 2 aromatic rings. The number of nitrogens with zero attached hydrogens (tertiary/aromatic N) is 1. The Morgan fingerprint density at radius 1 is 1.12 bits per heavy atom. The molecule has 134 valence electrons. The number of hydrogen-bond acceptors (Lipinski definition) is 4. The molecular formula is C22H23NO2S. The van der Waals surface area contributed by atoms with Crippen molar-refractivity contribution in [3.8, 4) is 5.75 Å². The number of methoxy groups -OCH3 is 1. The molecule has 0 spiro atoms. The van der Waals surface area contributed by atoms with Crippen LogP contribution < -0.4 is 4.74 Å². The molecule has 0 unspecified atom stereocenters. The molecular weight excluding hydrogens is 342 g/mol. The lowest BCUT2D eigenvalue weighted by molar-refractivity contribution is -0.116. The van der Waals surface area contributed by atoms with Crippen molar-refractivity contribution in [3.63, 3.8) is 0 Å². The molecule has 3 nitrogen and oxygen atoms in total. The van der Waals surface area contributed by atoms with Crippen LogP contribution in [0.1, 0.15) is 18.4 Å². The number of carbonyl (C=O) groups is 1. The van der Waals surface area contributed by atoms with Gasteiger partial charge in [-0.05, 0) is 49.8 Å². The normalized spacial score (nSPS) is 25.7. The van der Waals surface area contributed by atoms with E-state index >= 15 is 0 Å². The van der Waals surface area contributed by atoms with Crippen molar-refractivity contribution in [2.24, 2.45) is 0 Å². The van der Waals surface area contributed by atoms with Crippen molar-refractivity contribution < 1.29 is 9.53 Å². The maximum absolute atomic E-state index is 12.8. The summed E-state index contributed by atoms with van der Waals surface area (Å²) < 4.78 is 5.32. The van der Waals surface area contributed by atoms with Crippen molar-refractivity contribution in [1.29, 1.82) is 0 Å². The number of likely N-dealkylation sites (N-methyl/N-ethyl adjacent to an activating group) is 1. The Morgan fingerprint density at radius 2 is 1.85 bits per heavy atom. The number of likely N-dealkylation sites (tertiary alicyclic amines) is 1. The zero-order chi connectivity index (χ0) is 18.1. The Morgan fingerprint density at radius 3 is 2.54 bits per heavy atom. The monoisotopic (exact) mass is 365 g/mol. The summed E-state index contributed by atoms with van der Waals surface area (Å²) in [6.45, 7) is 1.00. The van der Waals surface area contributed by atoms with E-state index in [1.54, 1.807) is 18.9 Å². The predicted molar refractivity (Wildman–Crippen MR) is 106 cm³/mol. The average molecular weight is 365 g/mol. The van der Waals surface area contributed by atoms with Crippen LogP contribution in [0.2, 0.25) is 0 Å². The molecule has 2 aliphatic rings. The van der Waals surface area contributed by atoms with Gasteiger partial charge in [0.1, 0.15) is 5.75 Å². The van der Waals surface area contributed by atoms with Gasteiger partial charge in [0.2, 0.25) is 0 Å². The molecule has 0 bridgehead atoms. The molecule has 1 heterocycles. The smallest absolute Gasteiger partial charge is 0.170 e. The Labute approximate surface area is 159 Å². The molecule has 0 N–H and O–H groups in total. The topological polar surface area (TPSA) is 29.5 Å². The highest BCUT2D eigenvalue weighted by Gasteiger charge is 2.49. The molecule has 1 fully saturated rings. The second kappa shape index (κ2) is 6.93. The first-order chi connectivity index (χ1) is 12.6. The molecule has 4 heteroatoms. The van der Waals surface area contributed by atoms with Crippen LogP contribution in [0.3, 0.4) is 0 Å². The maximum atomic E-state index is 12.8. The van der Waals surface area contributed by atoms with Gasteiger partial charge in [0.25, 0.3) is 0 Å². The van der Waals surface area contributed by atoms with Crippen LogP contribution in [0.15, 0.2) is 70.5 Å². The molecule has 1 aliphatic carbocycles. The standard InChI is InChI=1S/C22H23NO2S/c1-23-13-12-22(16-8-10-17(25-2)11-9-16)15-20(19(24)14-21(22)23)26-18-6-4-3-5-7-18/h3-11,15,21H,12-14H2,1-2H3/t21-,22+/m1/s1. The van der Waals surface area contributed by atoms with E-state index in [-0.39, 0.29) is 17.2 Å². The first-order valence-electron chi connectivity index (χ1n) is 8.96. The van der Waals surface area contributed by atoms with Crippen LogP contribution in [0.5, 0.6) is 5.75 Å². The van der Waals surface area contributed by atoms with E-state index in [1.807, 2.05) is 30.3 Å². The molecule has 0 radical (unpaired) electrons.